The van der Waals surface area contributed by atoms with Gasteiger partial charge in [-0.05, 0) is 18.7 Å². The summed E-state index contributed by atoms with van der Waals surface area (Å²) in [5, 5.41) is 11.5. The van der Waals surface area contributed by atoms with Gasteiger partial charge >= 0.3 is 0 Å². The Morgan fingerprint density at radius 1 is 1.25 bits per heavy atom. The van der Waals surface area contributed by atoms with Crippen molar-refractivity contribution in [3.8, 4) is 11.6 Å². The number of para-hydroxylation sites is 1. The molecule has 1 unspecified atom stereocenters. The van der Waals surface area contributed by atoms with Crippen LogP contribution in [-0.4, -0.2) is 31.0 Å². The number of hydrogen-bond donors (Lipinski definition) is 1. The molecule has 1 aromatic carbocycles. The van der Waals surface area contributed by atoms with E-state index in [-0.39, 0.29) is 6.04 Å². The van der Waals surface area contributed by atoms with Gasteiger partial charge < -0.3 is 14.8 Å². The molecular weight excluding hydrogens is 254 g/mol. The van der Waals surface area contributed by atoms with E-state index in [0.29, 0.717) is 5.88 Å². The second kappa shape index (κ2) is 5.46. The Balaban J connectivity index is 1.99. The highest BCUT2D eigenvalue weighted by atomic mass is 16.5. The number of rotatable bonds is 4. The predicted molar refractivity (Wildman–Crippen MR) is 75.1 cm³/mol. The SMILES string of the molecule is CNC(c1ccc(OC)nn1)c1cccc2c1OCC2. The molecule has 20 heavy (non-hydrogen) atoms. The van der Waals surface area contributed by atoms with E-state index in [4.69, 9.17) is 9.47 Å². The smallest absolute Gasteiger partial charge is 0.233 e. The molecule has 0 bridgehead atoms. The maximum atomic E-state index is 5.77. The predicted octanol–water partition coefficient (Wildman–Crippen LogP) is 1.73. The summed E-state index contributed by atoms with van der Waals surface area (Å²) in [5.41, 5.74) is 3.20. The summed E-state index contributed by atoms with van der Waals surface area (Å²) in [5.74, 6) is 1.49. The zero-order chi connectivity index (χ0) is 13.9. The molecule has 1 aliphatic heterocycles. The Morgan fingerprint density at radius 3 is 2.85 bits per heavy atom. The van der Waals surface area contributed by atoms with Gasteiger partial charge in [0.25, 0.3) is 0 Å². The average molecular weight is 271 g/mol. The summed E-state index contributed by atoms with van der Waals surface area (Å²) < 4.78 is 10.8. The maximum Gasteiger partial charge on any atom is 0.233 e. The van der Waals surface area contributed by atoms with Crippen LogP contribution in [0.25, 0.3) is 0 Å². The van der Waals surface area contributed by atoms with E-state index in [1.165, 1.54) is 5.56 Å². The zero-order valence-corrected chi connectivity index (χ0v) is 11.6. The Hall–Kier alpha value is -2.14. The molecule has 0 fully saturated rings. The molecule has 3 rings (SSSR count). The van der Waals surface area contributed by atoms with Crippen molar-refractivity contribution in [1.29, 1.82) is 0 Å². The van der Waals surface area contributed by atoms with E-state index < -0.39 is 0 Å². The van der Waals surface area contributed by atoms with E-state index in [9.17, 15) is 0 Å². The third-order valence-electron chi connectivity index (χ3n) is 3.51. The van der Waals surface area contributed by atoms with E-state index in [1.54, 1.807) is 7.11 Å². The first-order valence-corrected chi connectivity index (χ1v) is 6.63. The molecule has 0 spiro atoms. The van der Waals surface area contributed by atoms with Gasteiger partial charge in [-0.25, -0.2) is 0 Å². The van der Waals surface area contributed by atoms with Crippen molar-refractivity contribution in [3.63, 3.8) is 0 Å². The summed E-state index contributed by atoms with van der Waals surface area (Å²) in [6, 6.07) is 9.93. The molecule has 1 aliphatic rings. The highest BCUT2D eigenvalue weighted by molar-refractivity contribution is 5.47. The van der Waals surface area contributed by atoms with Gasteiger partial charge in [-0.2, -0.15) is 0 Å². The summed E-state index contributed by atoms with van der Waals surface area (Å²) in [6.45, 7) is 0.747. The first kappa shape index (κ1) is 12.9. The summed E-state index contributed by atoms with van der Waals surface area (Å²) in [4.78, 5) is 0. The molecule has 2 heterocycles. The van der Waals surface area contributed by atoms with Crippen LogP contribution in [-0.2, 0) is 6.42 Å². The normalized spacial score (nSPS) is 14.5. The lowest BCUT2D eigenvalue weighted by Gasteiger charge is -2.18. The fourth-order valence-electron chi connectivity index (χ4n) is 2.52. The van der Waals surface area contributed by atoms with Crippen LogP contribution in [0.5, 0.6) is 11.6 Å². The van der Waals surface area contributed by atoms with Crippen molar-refractivity contribution in [3.05, 3.63) is 47.2 Å². The number of hydrogen-bond acceptors (Lipinski definition) is 5. The van der Waals surface area contributed by atoms with Crippen LogP contribution >= 0.6 is 0 Å². The Bertz CT molecular complexity index is 599. The molecule has 1 N–H and O–H groups in total. The zero-order valence-electron chi connectivity index (χ0n) is 11.6. The van der Waals surface area contributed by atoms with Crippen LogP contribution in [0.1, 0.15) is 22.9 Å². The van der Waals surface area contributed by atoms with Crippen LogP contribution in [0, 0.1) is 0 Å². The van der Waals surface area contributed by atoms with E-state index in [2.05, 4.69) is 33.7 Å². The lowest BCUT2D eigenvalue weighted by atomic mass is 9.99. The monoisotopic (exact) mass is 271 g/mol. The Morgan fingerprint density at radius 2 is 2.15 bits per heavy atom. The minimum atomic E-state index is -0.0403. The fourth-order valence-corrected chi connectivity index (χ4v) is 2.52. The third-order valence-corrected chi connectivity index (χ3v) is 3.51. The van der Waals surface area contributed by atoms with Crippen molar-refractivity contribution in [2.75, 3.05) is 20.8 Å². The van der Waals surface area contributed by atoms with Crippen molar-refractivity contribution in [1.82, 2.24) is 15.5 Å². The van der Waals surface area contributed by atoms with E-state index >= 15 is 0 Å². The first-order chi connectivity index (χ1) is 9.83. The molecule has 5 heteroatoms. The van der Waals surface area contributed by atoms with Crippen molar-refractivity contribution >= 4 is 0 Å². The topological polar surface area (TPSA) is 56.3 Å². The fraction of sp³-hybridized carbons (Fsp3) is 0.333. The van der Waals surface area contributed by atoms with Gasteiger partial charge in [-0.15, -0.1) is 10.2 Å². The largest absolute Gasteiger partial charge is 0.493 e. The molecule has 104 valence electrons. The molecule has 0 aliphatic carbocycles. The van der Waals surface area contributed by atoms with Crippen LogP contribution in [0.4, 0.5) is 0 Å². The summed E-state index contributed by atoms with van der Waals surface area (Å²) in [6.07, 6.45) is 0.966. The van der Waals surface area contributed by atoms with Crippen LogP contribution in [0.3, 0.4) is 0 Å². The van der Waals surface area contributed by atoms with Crippen molar-refractivity contribution in [2.24, 2.45) is 0 Å². The van der Waals surface area contributed by atoms with Gasteiger partial charge in [0.2, 0.25) is 5.88 Å². The highest BCUT2D eigenvalue weighted by Crippen LogP contribution is 2.35. The number of nitrogens with one attached hydrogen (secondary N) is 1. The summed E-state index contributed by atoms with van der Waals surface area (Å²) >= 11 is 0. The number of fused-ring (bicyclic) bond motifs is 1. The van der Waals surface area contributed by atoms with Gasteiger partial charge in [0, 0.05) is 18.1 Å². The van der Waals surface area contributed by atoms with E-state index in [0.717, 1.165) is 30.0 Å². The molecule has 5 nitrogen and oxygen atoms in total. The molecule has 0 saturated heterocycles. The number of methoxy groups -OCH3 is 1. The molecular formula is C15H17N3O2. The van der Waals surface area contributed by atoms with Gasteiger partial charge in [0.15, 0.2) is 0 Å². The first-order valence-electron chi connectivity index (χ1n) is 6.63. The quantitative estimate of drug-likeness (QED) is 0.917. The second-order valence-corrected chi connectivity index (χ2v) is 4.66. The molecule has 1 aromatic heterocycles. The average Bonchev–Trinajstić information content (AvgIpc) is 2.98. The molecule has 0 amide bonds. The number of nitrogens with zero attached hydrogens (tertiary/aromatic N) is 2. The summed E-state index contributed by atoms with van der Waals surface area (Å²) in [7, 11) is 3.49. The van der Waals surface area contributed by atoms with E-state index in [1.807, 2.05) is 19.2 Å². The Kier molecular flexibility index (Phi) is 3.52. The van der Waals surface area contributed by atoms with Crippen molar-refractivity contribution in [2.45, 2.75) is 12.5 Å². The van der Waals surface area contributed by atoms with Crippen LogP contribution < -0.4 is 14.8 Å². The van der Waals surface area contributed by atoms with Gasteiger partial charge in [-0.3, -0.25) is 0 Å². The second-order valence-electron chi connectivity index (χ2n) is 4.66. The van der Waals surface area contributed by atoms with Crippen molar-refractivity contribution < 1.29 is 9.47 Å². The van der Waals surface area contributed by atoms with Gasteiger partial charge in [0.1, 0.15) is 5.75 Å². The minimum absolute atomic E-state index is 0.0403. The lowest BCUT2D eigenvalue weighted by molar-refractivity contribution is 0.350. The number of ether oxygens (including phenoxy) is 2. The minimum Gasteiger partial charge on any atom is -0.493 e. The molecule has 1 atom stereocenters. The van der Waals surface area contributed by atoms with Gasteiger partial charge in [0.05, 0.1) is 25.5 Å². The number of aromatic nitrogens is 2. The standard InChI is InChI=1S/C15H17N3O2/c1-16-14(12-6-7-13(19-2)18-17-12)11-5-3-4-10-8-9-20-15(10)11/h3-7,14,16H,8-9H2,1-2H3. The third kappa shape index (κ3) is 2.20. The van der Waals surface area contributed by atoms with Crippen LogP contribution in [0.2, 0.25) is 0 Å². The highest BCUT2D eigenvalue weighted by Gasteiger charge is 2.23. The number of benzene rings is 1. The van der Waals surface area contributed by atoms with Gasteiger partial charge in [-0.1, -0.05) is 18.2 Å². The molecule has 0 radical (unpaired) electrons. The Labute approximate surface area is 117 Å². The molecule has 0 saturated carbocycles. The maximum absolute atomic E-state index is 5.77. The lowest BCUT2D eigenvalue weighted by Crippen LogP contribution is -2.20. The van der Waals surface area contributed by atoms with Crippen LogP contribution in [0.15, 0.2) is 30.3 Å². The molecule has 2 aromatic rings.